The molecule has 27 heavy (non-hydrogen) atoms. The molecule has 0 aliphatic heterocycles. The minimum atomic E-state index is -0.375. The van der Waals surface area contributed by atoms with E-state index in [1.165, 1.54) is 25.7 Å². The second-order valence-corrected chi connectivity index (χ2v) is 7.39. The van der Waals surface area contributed by atoms with Gasteiger partial charge in [-0.05, 0) is 43.0 Å². The van der Waals surface area contributed by atoms with Gasteiger partial charge in [0.1, 0.15) is 11.8 Å². The summed E-state index contributed by atoms with van der Waals surface area (Å²) >= 11 is 0. The number of aryl methyl sites for hydroxylation is 1. The lowest BCUT2D eigenvalue weighted by Crippen LogP contribution is -2.39. The number of rotatable bonds is 6. The number of nitrogens with one attached hydrogen (secondary N) is 2. The molecule has 4 heteroatoms. The molecule has 1 aliphatic rings. The van der Waals surface area contributed by atoms with Crippen LogP contribution in [-0.2, 0) is 4.79 Å². The lowest BCUT2D eigenvalue weighted by atomic mass is 10.0. The minimum absolute atomic E-state index is 0.0469. The Morgan fingerprint density at radius 1 is 1.04 bits per heavy atom. The van der Waals surface area contributed by atoms with Crippen molar-refractivity contribution in [2.24, 2.45) is 0 Å². The molecule has 0 aromatic heterocycles. The number of hydrogen-bond acceptors (Lipinski definition) is 3. The smallest absolute Gasteiger partial charge is 0.246 e. The molecule has 2 N–H and O–H groups in total. The summed E-state index contributed by atoms with van der Waals surface area (Å²) in [5.41, 5.74) is 2.79. The van der Waals surface area contributed by atoms with Crippen molar-refractivity contribution in [1.82, 2.24) is 5.32 Å². The Hall–Kier alpha value is -2.33. The summed E-state index contributed by atoms with van der Waals surface area (Å²) in [4.78, 5) is 13.2. The predicted molar refractivity (Wildman–Crippen MR) is 110 cm³/mol. The van der Waals surface area contributed by atoms with Gasteiger partial charge in [0.15, 0.2) is 0 Å². The predicted octanol–water partition coefficient (Wildman–Crippen LogP) is 5.00. The Balaban J connectivity index is 1.81. The van der Waals surface area contributed by atoms with E-state index in [1.807, 2.05) is 55.5 Å². The largest absolute Gasteiger partial charge is 0.495 e. The van der Waals surface area contributed by atoms with E-state index in [2.05, 4.69) is 10.6 Å². The van der Waals surface area contributed by atoms with E-state index in [-0.39, 0.29) is 11.9 Å². The molecule has 2 aromatic carbocycles. The Labute approximate surface area is 162 Å². The van der Waals surface area contributed by atoms with Crippen LogP contribution in [0.5, 0.6) is 5.75 Å². The molecule has 1 amide bonds. The Morgan fingerprint density at radius 2 is 1.74 bits per heavy atom. The van der Waals surface area contributed by atoms with Gasteiger partial charge < -0.3 is 10.1 Å². The molecule has 4 nitrogen and oxygen atoms in total. The Kier molecular flexibility index (Phi) is 6.88. The van der Waals surface area contributed by atoms with Gasteiger partial charge in [-0.3, -0.25) is 10.1 Å². The molecule has 0 saturated heterocycles. The average molecular weight is 367 g/mol. The van der Waals surface area contributed by atoms with Crippen LogP contribution in [0, 0.1) is 6.92 Å². The van der Waals surface area contributed by atoms with Crippen molar-refractivity contribution in [2.75, 3.05) is 12.4 Å². The maximum Gasteiger partial charge on any atom is 0.246 e. The van der Waals surface area contributed by atoms with E-state index < -0.39 is 0 Å². The van der Waals surface area contributed by atoms with E-state index in [9.17, 15) is 4.79 Å². The van der Waals surface area contributed by atoms with Crippen LogP contribution >= 0.6 is 0 Å². The van der Waals surface area contributed by atoms with Gasteiger partial charge in [-0.25, -0.2) is 0 Å². The molecule has 144 valence electrons. The molecule has 2 aromatic rings. The topological polar surface area (TPSA) is 50.4 Å². The second kappa shape index (κ2) is 9.56. The fourth-order valence-electron chi connectivity index (χ4n) is 3.77. The first-order chi connectivity index (χ1) is 13.2. The maximum atomic E-state index is 13.2. The summed E-state index contributed by atoms with van der Waals surface area (Å²) in [7, 11) is 1.62. The lowest BCUT2D eigenvalue weighted by Gasteiger charge is -2.25. The van der Waals surface area contributed by atoms with Crippen molar-refractivity contribution in [3.8, 4) is 5.75 Å². The number of benzene rings is 2. The molecule has 3 rings (SSSR count). The van der Waals surface area contributed by atoms with Gasteiger partial charge in [0, 0.05) is 6.04 Å². The molecule has 1 fully saturated rings. The Morgan fingerprint density at radius 3 is 2.41 bits per heavy atom. The number of carbonyl (C=O) groups excluding carboxylic acids is 1. The SMILES string of the molecule is COc1ccc(C)cc1NC(=O)C(NC1CCCCCC1)c1ccccc1. The molecule has 0 radical (unpaired) electrons. The van der Waals surface area contributed by atoms with Gasteiger partial charge in [0.25, 0.3) is 0 Å². The zero-order chi connectivity index (χ0) is 19.1. The fourth-order valence-corrected chi connectivity index (χ4v) is 3.77. The zero-order valence-electron chi connectivity index (χ0n) is 16.3. The third-order valence-electron chi connectivity index (χ3n) is 5.27. The molecule has 0 heterocycles. The van der Waals surface area contributed by atoms with Gasteiger partial charge in [-0.15, -0.1) is 0 Å². The molecular weight excluding hydrogens is 336 g/mol. The van der Waals surface area contributed by atoms with Crippen LogP contribution in [0.25, 0.3) is 0 Å². The number of ether oxygens (including phenoxy) is 1. The van der Waals surface area contributed by atoms with E-state index in [0.717, 1.165) is 24.0 Å². The first-order valence-electron chi connectivity index (χ1n) is 9.94. The molecule has 1 saturated carbocycles. The second-order valence-electron chi connectivity index (χ2n) is 7.39. The summed E-state index contributed by atoms with van der Waals surface area (Å²) in [5.74, 6) is 0.629. The number of anilines is 1. The highest BCUT2D eigenvalue weighted by Gasteiger charge is 2.25. The minimum Gasteiger partial charge on any atom is -0.495 e. The van der Waals surface area contributed by atoms with Crippen LogP contribution in [0.15, 0.2) is 48.5 Å². The summed E-state index contributed by atoms with van der Waals surface area (Å²) in [5, 5.41) is 6.71. The van der Waals surface area contributed by atoms with Crippen LogP contribution in [-0.4, -0.2) is 19.1 Å². The number of hydrogen-bond donors (Lipinski definition) is 2. The highest BCUT2D eigenvalue weighted by Crippen LogP contribution is 2.27. The normalized spacial score (nSPS) is 16.4. The van der Waals surface area contributed by atoms with Crippen molar-refractivity contribution in [3.63, 3.8) is 0 Å². The summed E-state index contributed by atoms with van der Waals surface area (Å²) < 4.78 is 5.42. The van der Waals surface area contributed by atoms with Gasteiger partial charge >= 0.3 is 0 Å². The first kappa shape index (κ1) is 19.4. The lowest BCUT2D eigenvalue weighted by molar-refractivity contribution is -0.118. The van der Waals surface area contributed by atoms with Crippen molar-refractivity contribution >= 4 is 11.6 Å². The summed E-state index contributed by atoms with van der Waals surface area (Å²) in [6.45, 7) is 2.01. The third-order valence-corrected chi connectivity index (χ3v) is 5.27. The van der Waals surface area contributed by atoms with Crippen LogP contribution in [0.4, 0.5) is 5.69 Å². The van der Waals surface area contributed by atoms with Crippen LogP contribution < -0.4 is 15.4 Å². The van der Waals surface area contributed by atoms with Gasteiger partial charge in [0.2, 0.25) is 5.91 Å². The summed E-state index contributed by atoms with van der Waals surface area (Å²) in [6, 6.07) is 15.8. The monoisotopic (exact) mass is 366 g/mol. The molecule has 1 atom stereocenters. The number of methoxy groups -OCH3 is 1. The zero-order valence-corrected chi connectivity index (χ0v) is 16.3. The fraction of sp³-hybridized carbons (Fsp3) is 0.435. The molecular formula is C23H30N2O2. The first-order valence-corrected chi connectivity index (χ1v) is 9.94. The average Bonchev–Trinajstić information content (AvgIpc) is 2.95. The van der Waals surface area contributed by atoms with Crippen LogP contribution in [0.1, 0.15) is 55.7 Å². The molecule has 0 bridgehead atoms. The quantitative estimate of drug-likeness (QED) is 0.708. The summed E-state index contributed by atoms with van der Waals surface area (Å²) in [6.07, 6.45) is 7.30. The van der Waals surface area contributed by atoms with E-state index in [0.29, 0.717) is 17.5 Å². The van der Waals surface area contributed by atoms with Gasteiger partial charge in [0.05, 0.1) is 12.8 Å². The van der Waals surface area contributed by atoms with Crippen molar-refractivity contribution in [3.05, 3.63) is 59.7 Å². The molecule has 1 unspecified atom stereocenters. The standard InChI is InChI=1S/C23H30N2O2/c1-17-14-15-21(27-2)20(16-17)25-23(26)22(18-10-6-5-7-11-18)24-19-12-8-3-4-9-13-19/h5-7,10-11,14-16,19,22,24H,3-4,8-9,12-13H2,1-2H3,(H,25,26). The van der Waals surface area contributed by atoms with Gasteiger partial charge in [-0.1, -0.05) is 62.1 Å². The van der Waals surface area contributed by atoms with Crippen molar-refractivity contribution < 1.29 is 9.53 Å². The van der Waals surface area contributed by atoms with Crippen LogP contribution in [0.2, 0.25) is 0 Å². The van der Waals surface area contributed by atoms with Crippen molar-refractivity contribution in [2.45, 2.75) is 57.5 Å². The van der Waals surface area contributed by atoms with E-state index in [4.69, 9.17) is 4.74 Å². The number of carbonyl (C=O) groups is 1. The van der Waals surface area contributed by atoms with E-state index >= 15 is 0 Å². The third kappa shape index (κ3) is 5.33. The number of amides is 1. The highest BCUT2D eigenvalue weighted by atomic mass is 16.5. The Bertz CT molecular complexity index is 737. The van der Waals surface area contributed by atoms with Crippen molar-refractivity contribution in [1.29, 1.82) is 0 Å². The van der Waals surface area contributed by atoms with Gasteiger partial charge in [-0.2, -0.15) is 0 Å². The van der Waals surface area contributed by atoms with E-state index in [1.54, 1.807) is 7.11 Å². The van der Waals surface area contributed by atoms with Crippen LogP contribution in [0.3, 0.4) is 0 Å². The maximum absolute atomic E-state index is 13.2. The molecule has 0 spiro atoms. The highest BCUT2D eigenvalue weighted by molar-refractivity contribution is 5.96. The molecule has 1 aliphatic carbocycles.